The van der Waals surface area contributed by atoms with Crippen molar-refractivity contribution in [2.75, 3.05) is 13.4 Å². The lowest BCUT2D eigenvalue weighted by molar-refractivity contribution is 0.414. The number of nitrogens with zero attached hydrogens (tertiary/aromatic N) is 2. The van der Waals surface area contributed by atoms with Gasteiger partial charge < -0.3 is 4.74 Å². The van der Waals surface area contributed by atoms with Crippen LogP contribution in [0.2, 0.25) is 0 Å². The van der Waals surface area contributed by atoms with Crippen molar-refractivity contribution >= 4 is 43.4 Å². The molecule has 26 heavy (non-hydrogen) atoms. The van der Waals surface area contributed by atoms with Crippen molar-refractivity contribution < 1.29 is 9.13 Å². The Bertz CT molecular complexity index is 1170. The monoisotopic (exact) mass is 386 g/mol. The number of thiophene rings is 1. The molecule has 0 spiro atoms. The summed E-state index contributed by atoms with van der Waals surface area (Å²) in [6, 6.07) is 12.4. The maximum Gasteiger partial charge on any atom is 0.272 e. The van der Waals surface area contributed by atoms with Crippen LogP contribution in [0.4, 0.5) is 4.39 Å². The maximum absolute atomic E-state index is 14.3. The number of halogens is 1. The molecular weight excluding hydrogens is 371 g/mol. The van der Waals surface area contributed by atoms with Crippen LogP contribution in [0.1, 0.15) is 5.56 Å². The summed E-state index contributed by atoms with van der Waals surface area (Å²) in [5, 5.41) is 0.998. The zero-order chi connectivity index (χ0) is 18.3. The smallest absolute Gasteiger partial charge is 0.272 e. The van der Waals surface area contributed by atoms with Gasteiger partial charge in [-0.05, 0) is 36.1 Å². The molecule has 2 aromatic carbocycles. The quantitative estimate of drug-likeness (QED) is 0.382. The Kier molecular flexibility index (Phi) is 4.42. The molecule has 0 fully saturated rings. The molecule has 0 aliphatic rings. The summed E-state index contributed by atoms with van der Waals surface area (Å²) < 4.78 is 22.3. The van der Waals surface area contributed by atoms with Crippen molar-refractivity contribution in [1.29, 1.82) is 0 Å². The van der Waals surface area contributed by atoms with E-state index >= 15 is 0 Å². The molecule has 132 valence electrons. The Morgan fingerprint density at radius 2 is 2.00 bits per heavy atom. The number of rotatable bonds is 4. The molecule has 4 rings (SSSR count). The number of methoxy groups -OCH3 is 1. The molecule has 2 aromatic heterocycles. The van der Waals surface area contributed by atoms with Crippen LogP contribution in [-0.4, -0.2) is 22.9 Å². The third-order valence-corrected chi connectivity index (χ3v) is 6.01. The van der Waals surface area contributed by atoms with E-state index in [1.54, 1.807) is 17.7 Å². The second-order valence-corrected chi connectivity index (χ2v) is 7.56. The number of ether oxygens (including phenoxy) is 1. The average molecular weight is 386 g/mol. The largest absolute Gasteiger partial charge is 0.497 e. The van der Waals surface area contributed by atoms with E-state index in [1.165, 1.54) is 29.2 Å². The lowest BCUT2D eigenvalue weighted by Crippen LogP contribution is -2.23. The first-order chi connectivity index (χ1) is 12.6. The zero-order valence-electron chi connectivity index (χ0n) is 14.2. The molecule has 0 radical (unpaired) electrons. The van der Waals surface area contributed by atoms with Crippen LogP contribution in [0, 0.1) is 5.82 Å². The number of aromatic nitrogens is 2. The van der Waals surface area contributed by atoms with Gasteiger partial charge in [-0.15, -0.1) is 11.3 Å². The highest BCUT2D eigenvalue weighted by Crippen LogP contribution is 2.33. The molecule has 0 aliphatic carbocycles. The van der Waals surface area contributed by atoms with Gasteiger partial charge in [-0.1, -0.05) is 30.0 Å². The third-order valence-electron chi connectivity index (χ3n) is 4.20. The van der Waals surface area contributed by atoms with E-state index in [0.717, 1.165) is 16.0 Å². The van der Waals surface area contributed by atoms with Gasteiger partial charge in [0.05, 0.1) is 19.0 Å². The molecule has 0 N–H and O–H groups in total. The highest BCUT2D eigenvalue weighted by Gasteiger charge is 2.18. The molecule has 7 heteroatoms. The van der Waals surface area contributed by atoms with Crippen molar-refractivity contribution in [3.05, 3.63) is 64.2 Å². The lowest BCUT2D eigenvalue weighted by atomic mass is 10.2. The summed E-state index contributed by atoms with van der Waals surface area (Å²) in [5.41, 5.74) is 1.27. The van der Waals surface area contributed by atoms with Gasteiger partial charge >= 0.3 is 0 Å². The Balaban J connectivity index is 1.91. The maximum atomic E-state index is 14.3. The highest BCUT2D eigenvalue weighted by molar-refractivity contribution is 7.98. The topological polar surface area (TPSA) is 44.1 Å². The second-order valence-electron chi connectivity index (χ2n) is 5.73. The van der Waals surface area contributed by atoms with E-state index in [2.05, 4.69) is 4.98 Å². The molecule has 4 nitrogen and oxygen atoms in total. The van der Waals surface area contributed by atoms with Crippen molar-refractivity contribution in [3.63, 3.8) is 0 Å². The zero-order valence-corrected chi connectivity index (χ0v) is 15.8. The normalized spacial score (nSPS) is 11.3. The fourth-order valence-corrected chi connectivity index (χ4v) is 4.57. The fourth-order valence-electron chi connectivity index (χ4n) is 2.92. The SMILES string of the molecule is COc1ccc(Cn2c(SC)nc3c(sc4cccc(F)c43)c2=O)cc1. The van der Waals surface area contributed by atoms with Gasteiger partial charge in [0.15, 0.2) is 5.16 Å². The molecule has 2 heterocycles. The first-order valence-electron chi connectivity index (χ1n) is 7.91. The molecular formula is C19H15FN2O2S2. The molecule has 0 atom stereocenters. The molecule has 0 bridgehead atoms. The van der Waals surface area contributed by atoms with Gasteiger partial charge in [-0.2, -0.15) is 0 Å². The summed E-state index contributed by atoms with van der Waals surface area (Å²) >= 11 is 2.67. The predicted octanol–water partition coefficient (Wildman–Crippen LogP) is 4.53. The Labute approximate surface area is 157 Å². The minimum atomic E-state index is -0.347. The number of hydrogen-bond acceptors (Lipinski definition) is 5. The standard InChI is InChI=1S/C19H15FN2O2S2/c1-24-12-8-6-11(7-9-12)10-22-18(23)17-16(21-19(22)25-2)15-13(20)4-3-5-14(15)26-17/h3-9H,10H2,1-2H3. The van der Waals surface area contributed by atoms with E-state index in [0.29, 0.717) is 27.3 Å². The molecule has 0 aliphatic heterocycles. The van der Waals surface area contributed by atoms with Crippen LogP contribution in [0.25, 0.3) is 20.3 Å². The first-order valence-corrected chi connectivity index (χ1v) is 9.95. The minimum absolute atomic E-state index is 0.143. The van der Waals surface area contributed by atoms with Crippen LogP contribution >= 0.6 is 23.1 Å². The third kappa shape index (κ3) is 2.77. The van der Waals surface area contributed by atoms with Crippen LogP contribution in [0.5, 0.6) is 5.75 Å². The van der Waals surface area contributed by atoms with Crippen molar-refractivity contribution in [1.82, 2.24) is 9.55 Å². The fraction of sp³-hybridized carbons (Fsp3) is 0.158. The van der Waals surface area contributed by atoms with Gasteiger partial charge in [0, 0.05) is 4.70 Å². The van der Waals surface area contributed by atoms with Crippen LogP contribution in [-0.2, 0) is 6.54 Å². The predicted molar refractivity (Wildman–Crippen MR) is 105 cm³/mol. The Morgan fingerprint density at radius 3 is 2.69 bits per heavy atom. The molecule has 0 unspecified atom stereocenters. The summed E-state index contributed by atoms with van der Waals surface area (Å²) in [7, 11) is 1.61. The number of benzene rings is 2. The summed E-state index contributed by atoms with van der Waals surface area (Å²) in [5.74, 6) is 0.417. The second kappa shape index (κ2) is 6.74. The molecule has 0 saturated carbocycles. The van der Waals surface area contributed by atoms with Crippen LogP contribution in [0.15, 0.2) is 52.4 Å². The number of fused-ring (bicyclic) bond motifs is 3. The van der Waals surface area contributed by atoms with Gasteiger partial charge in [-0.25, -0.2) is 9.37 Å². The summed E-state index contributed by atoms with van der Waals surface area (Å²) in [6.07, 6.45) is 1.86. The van der Waals surface area contributed by atoms with Crippen LogP contribution in [0.3, 0.4) is 0 Å². The molecule has 4 aromatic rings. The number of thioether (sulfide) groups is 1. The van der Waals surface area contributed by atoms with Gasteiger partial charge in [0.25, 0.3) is 5.56 Å². The van der Waals surface area contributed by atoms with Gasteiger partial charge in [0.2, 0.25) is 0 Å². The van der Waals surface area contributed by atoms with E-state index < -0.39 is 0 Å². The Hall–Kier alpha value is -2.38. The summed E-state index contributed by atoms with van der Waals surface area (Å²) in [6.45, 7) is 0.401. The van der Waals surface area contributed by atoms with E-state index in [4.69, 9.17) is 4.74 Å². The first kappa shape index (κ1) is 17.1. The van der Waals surface area contributed by atoms with Crippen LogP contribution < -0.4 is 10.3 Å². The Morgan fingerprint density at radius 1 is 1.23 bits per heavy atom. The summed E-state index contributed by atoms with van der Waals surface area (Å²) in [4.78, 5) is 17.7. The minimum Gasteiger partial charge on any atom is -0.497 e. The van der Waals surface area contributed by atoms with Crippen molar-refractivity contribution in [2.45, 2.75) is 11.7 Å². The van der Waals surface area contributed by atoms with E-state index in [9.17, 15) is 9.18 Å². The van der Waals surface area contributed by atoms with Gasteiger partial charge in [-0.3, -0.25) is 9.36 Å². The van der Waals surface area contributed by atoms with E-state index in [1.807, 2.05) is 36.6 Å². The lowest BCUT2D eigenvalue weighted by Gasteiger charge is -2.11. The molecule has 0 amide bonds. The van der Waals surface area contributed by atoms with Crippen molar-refractivity contribution in [2.24, 2.45) is 0 Å². The number of hydrogen-bond donors (Lipinski definition) is 0. The van der Waals surface area contributed by atoms with Gasteiger partial charge in [0.1, 0.15) is 21.8 Å². The highest BCUT2D eigenvalue weighted by atomic mass is 32.2. The van der Waals surface area contributed by atoms with Crippen molar-refractivity contribution in [3.8, 4) is 5.75 Å². The van der Waals surface area contributed by atoms with E-state index in [-0.39, 0.29) is 11.4 Å². The average Bonchev–Trinajstić information content (AvgIpc) is 3.04. The molecule has 0 saturated heterocycles.